The predicted molar refractivity (Wildman–Crippen MR) is 75.2 cm³/mol. The van der Waals surface area contributed by atoms with E-state index in [1.165, 1.54) is 25.2 Å². The summed E-state index contributed by atoms with van der Waals surface area (Å²) in [5.41, 5.74) is 0. The van der Waals surface area contributed by atoms with Gasteiger partial charge in [0.05, 0.1) is 0 Å². The molecule has 0 saturated carbocycles. The summed E-state index contributed by atoms with van der Waals surface area (Å²) in [6, 6.07) is 9.20. The van der Waals surface area contributed by atoms with Crippen LogP contribution in [0.2, 0.25) is 0 Å². The third-order valence-corrected chi connectivity index (χ3v) is 12.5. The second-order valence-electron chi connectivity index (χ2n) is 4.24. The van der Waals surface area contributed by atoms with Gasteiger partial charge in [0.25, 0.3) is 0 Å². The molecule has 2 aromatic rings. The van der Waals surface area contributed by atoms with Gasteiger partial charge in [-0.1, -0.05) is 0 Å². The average molecular weight is 254 g/mol. The minimum atomic E-state index is -1.24. The third kappa shape index (κ3) is 1.60. The monoisotopic (exact) mass is 254 g/mol. The average Bonchev–Trinajstić information content (AvgIpc) is 3.02. The van der Waals surface area contributed by atoms with Gasteiger partial charge in [0, 0.05) is 0 Å². The molecule has 0 nitrogen and oxygen atoms in total. The number of rotatable bonds is 2. The van der Waals surface area contributed by atoms with Crippen LogP contribution >= 0.6 is 29.9 Å². The van der Waals surface area contributed by atoms with Gasteiger partial charge < -0.3 is 0 Å². The molecule has 0 unspecified atom stereocenters. The molecule has 0 spiro atoms. The van der Waals surface area contributed by atoms with Gasteiger partial charge in [0.1, 0.15) is 0 Å². The first-order chi connectivity index (χ1) is 7.42. The fourth-order valence-corrected chi connectivity index (χ4v) is 11.9. The van der Waals surface area contributed by atoms with Crippen molar-refractivity contribution in [3.63, 3.8) is 0 Å². The van der Waals surface area contributed by atoms with E-state index in [1.807, 2.05) is 22.7 Å². The van der Waals surface area contributed by atoms with Crippen molar-refractivity contribution in [1.82, 2.24) is 0 Å². The van der Waals surface area contributed by atoms with Crippen LogP contribution in [0.25, 0.3) is 0 Å². The standard InChI is InChI=1S/C12H15PS2/c1-2-8-13(7-1,11-5-3-9-14-11)12-6-4-10-15-12/h3-6,9-10,13H,1-2,7-8H2. The van der Waals surface area contributed by atoms with Gasteiger partial charge in [-0.3, -0.25) is 0 Å². The fourth-order valence-electron chi connectivity index (χ4n) is 2.69. The Kier molecular flexibility index (Phi) is 2.68. The molecule has 1 fully saturated rings. The van der Waals surface area contributed by atoms with E-state index in [1.54, 1.807) is 9.24 Å². The Morgan fingerprint density at radius 3 is 1.80 bits per heavy atom. The van der Waals surface area contributed by atoms with Crippen LogP contribution in [-0.2, 0) is 0 Å². The molecule has 0 aromatic carbocycles. The Balaban J connectivity index is 2.10. The van der Waals surface area contributed by atoms with Crippen molar-refractivity contribution in [1.29, 1.82) is 0 Å². The van der Waals surface area contributed by atoms with E-state index in [0.29, 0.717) is 0 Å². The molecule has 0 aliphatic carbocycles. The van der Waals surface area contributed by atoms with Gasteiger partial charge in [0.15, 0.2) is 0 Å². The third-order valence-electron chi connectivity index (χ3n) is 3.44. The van der Waals surface area contributed by atoms with E-state index in [4.69, 9.17) is 0 Å². The van der Waals surface area contributed by atoms with Crippen LogP contribution in [0, 0.1) is 0 Å². The van der Waals surface area contributed by atoms with E-state index >= 15 is 0 Å². The first-order valence-electron chi connectivity index (χ1n) is 5.50. The Hall–Kier alpha value is -0.170. The molecule has 80 valence electrons. The molecule has 0 amide bonds. The van der Waals surface area contributed by atoms with Crippen molar-refractivity contribution in [3.05, 3.63) is 35.0 Å². The van der Waals surface area contributed by atoms with Gasteiger partial charge in [-0.15, -0.1) is 0 Å². The quantitative estimate of drug-likeness (QED) is 0.721. The van der Waals surface area contributed by atoms with Crippen molar-refractivity contribution in [2.75, 3.05) is 12.3 Å². The zero-order chi connectivity index (χ0) is 10.1. The molecular weight excluding hydrogens is 239 g/mol. The second kappa shape index (κ2) is 4.01. The summed E-state index contributed by atoms with van der Waals surface area (Å²) in [4.78, 5) is 0. The van der Waals surface area contributed by atoms with Crippen LogP contribution in [0.1, 0.15) is 12.8 Å². The van der Waals surface area contributed by atoms with Crippen LogP contribution < -0.4 is 9.24 Å². The van der Waals surface area contributed by atoms with Gasteiger partial charge in [-0.05, 0) is 0 Å². The number of thiophene rings is 2. The number of hydrogen-bond donors (Lipinski definition) is 0. The second-order valence-corrected chi connectivity index (χ2v) is 11.1. The summed E-state index contributed by atoms with van der Waals surface area (Å²) in [6.07, 6.45) is 5.85. The first kappa shape index (κ1) is 10.0. The Labute approximate surface area is 99.3 Å². The fraction of sp³-hybridized carbons (Fsp3) is 0.333. The van der Waals surface area contributed by atoms with Crippen LogP contribution in [0.3, 0.4) is 0 Å². The molecule has 1 aliphatic heterocycles. The van der Waals surface area contributed by atoms with Gasteiger partial charge in [0.2, 0.25) is 0 Å². The van der Waals surface area contributed by atoms with Crippen molar-refractivity contribution >= 4 is 39.2 Å². The van der Waals surface area contributed by atoms with Gasteiger partial charge in [-0.25, -0.2) is 0 Å². The van der Waals surface area contributed by atoms with E-state index in [2.05, 4.69) is 35.0 Å². The van der Waals surface area contributed by atoms with Crippen molar-refractivity contribution in [2.45, 2.75) is 12.8 Å². The van der Waals surface area contributed by atoms with Crippen LogP contribution in [0.4, 0.5) is 0 Å². The molecule has 2 aromatic heterocycles. The molecule has 0 bridgehead atoms. The van der Waals surface area contributed by atoms with E-state index in [0.717, 1.165) is 0 Å². The van der Waals surface area contributed by atoms with E-state index in [9.17, 15) is 0 Å². The van der Waals surface area contributed by atoms with Crippen molar-refractivity contribution in [2.24, 2.45) is 0 Å². The molecule has 1 aliphatic rings. The molecule has 0 N–H and O–H groups in total. The first-order valence-corrected chi connectivity index (χ1v) is 9.67. The van der Waals surface area contributed by atoms with E-state index < -0.39 is 7.26 Å². The summed E-state index contributed by atoms with van der Waals surface area (Å²) in [5, 5.41) is 4.49. The molecule has 0 radical (unpaired) electrons. The van der Waals surface area contributed by atoms with Gasteiger partial charge in [-0.2, -0.15) is 0 Å². The molecular formula is C12H15PS2. The topological polar surface area (TPSA) is 0 Å². The molecule has 3 heterocycles. The summed E-state index contributed by atoms with van der Waals surface area (Å²) < 4.78 is 3.42. The minimum absolute atomic E-state index is 1.24. The summed E-state index contributed by atoms with van der Waals surface area (Å²) in [5.74, 6) is 0. The molecule has 0 atom stereocenters. The molecule has 15 heavy (non-hydrogen) atoms. The Morgan fingerprint density at radius 1 is 0.867 bits per heavy atom. The van der Waals surface area contributed by atoms with Crippen molar-refractivity contribution in [3.8, 4) is 0 Å². The van der Waals surface area contributed by atoms with Crippen LogP contribution in [0.15, 0.2) is 35.0 Å². The van der Waals surface area contributed by atoms with Gasteiger partial charge >= 0.3 is 99.4 Å². The van der Waals surface area contributed by atoms with Crippen LogP contribution in [-0.4, -0.2) is 12.3 Å². The maximum absolute atomic E-state index is 2.38. The maximum atomic E-state index is 2.38. The van der Waals surface area contributed by atoms with E-state index in [-0.39, 0.29) is 0 Å². The molecule has 1 saturated heterocycles. The molecule has 3 heteroatoms. The Bertz CT molecular complexity index is 374. The van der Waals surface area contributed by atoms with Crippen molar-refractivity contribution < 1.29 is 0 Å². The summed E-state index contributed by atoms with van der Waals surface area (Å²) in [7, 11) is -1.24. The zero-order valence-electron chi connectivity index (χ0n) is 8.61. The van der Waals surface area contributed by atoms with Crippen LogP contribution in [0.5, 0.6) is 0 Å². The Morgan fingerprint density at radius 2 is 1.40 bits per heavy atom. The zero-order valence-corrected chi connectivity index (χ0v) is 11.2. The summed E-state index contributed by atoms with van der Waals surface area (Å²) in [6.45, 7) is 0. The summed E-state index contributed by atoms with van der Waals surface area (Å²) >= 11 is 3.97. The molecule has 3 rings (SSSR count). The predicted octanol–water partition coefficient (Wildman–Crippen LogP) is 3.30. The normalized spacial score (nSPS) is 21.6. The SMILES string of the molecule is c1csc([PH]2(c3cccs3)CCCC2)c1. The number of hydrogen-bond acceptors (Lipinski definition) is 2.